The average Bonchev–Trinajstić information content (AvgIpc) is 3.16. The van der Waals surface area contributed by atoms with Crippen LogP contribution in [0, 0.1) is 6.92 Å². The van der Waals surface area contributed by atoms with Crippen LogP contribution in [0.1, 0.15) is 34.5 Å². The Balaban J connectivity index is 1.91. The molecule has 0 aliphatic heterocycles. The van der Waals surface area contributed by atoms with Crippen molar-refractivity contribution in [3.05, 3.63) is 51.9 Å². The van der Waals surface area contributed by atoms with Crippen molar-refractivity contribution < 1.29 is 9.21 Å². The van der Waals surface area contributed by atoms with Gasteiger partial charge in [0.15, 0.2) is 0 Å². The Morgan fingerprint density at radius 1 is 1.48 bits per heavy atom. The predicted octanol–water partition coefficient (Wildman–Crippen LogP) is 3.74. The number of nitrogens with two attached hydrogens (primary N) is 1. The number of halogens is 1. The average molecular weight is 349 g/mol. The fraction of sp³-hybridized carbons (Fsp3) is 0.312. The quantitative estimate of drug-likeness (QED) is 0.856. The van der Waals surface area contributed by atoms with Gasteiger partial charge in [0.1, 0.15) is 5.76 Å². The number of anilines is 1. The highest BCUT2D eigenvalue weighted by atomic mass is 79.9. The molecule has 1 aromatic carbocycles. The minimum Gasteiger partial charge on any atom is -0.467 e. The second-order valence-electron chi connectivity index (χ2n) is 5.41. The lowest BCUT2D eigenvalue weighted by atomic mass is 10.1. The molecule has 21 heavy (non-hydrogen) atoms. The van der Waals surface area contributed by atoms with Gasteiger partial charge in [-0.3, -0.25) is 4.79 Å². The molecule has 0 saturated heterocycles. The maximum absolute atomic E-state index is 12.9. The molecule has 3 rings (SSSR count). The number of furan rings is 1. The van der Waals surface area contributed by atoms with Gasteiger partial charge < -0.3 is 15.1 Å². The number of carbonyl (C=O) groups excluding carboxylic acids is 1. The van der Waals surface area contributed by atoms with Crippen LogP contribution < -0.4 is 5.73 Å². The van der Waals surface area contributed by atoms with E-state index in [9.17, 15) is 4.79 Å². The molecule has 0 atom stereocenters. The third-order valence-corrected chi connectivity index (χ3v) is 4.26. The molecule has 0 unspecified atom stereocenters. The number of hydrogen-bond donors (Lipinski definition) is 1. The van der Waals surface area contributed by atoms with Gasteiger partial charge >= 0.3 is 0 Å². The highest BCUT2D eigenvalue weighted by Gasteiger charge is 2.34. The minimum absolute atomic E-state index is 0.0133. The molecular formula is C16H17BrN2O2. The van der Waals surface area contributed by atoms with Gasteiger partial charge in [0.2, 0.25) is 0 Å². The van der Waals surface area contributed by atoms with Crippen LogP contribution in [0.2, 0.25) is 0 Å². The van der Waals surface area contributed by atoms with Crippen LogP contribution >= 0.6 is 15.9 Å². The topological polar surface area (TPSA) is 59.5 Å². The van der Waals surface area contributed by atoms with Gasteiger partial charge in [-0.15, -0.1) is 0 Å². The zero-order valence-corrected chi connectivity index (χ0v) is 13.4. The van der Waals surface area contributed by atoms with Crippen LogP contribution in [0.4, 0.5) is 5.69 Å². The van der Waals surface area contributed by atoms with E-state index in [-0.39, 0.29) is 5.91 Å². The predicted molar refractivity (Wildman–Crippen MR) is 84.9 cm³/mol. The Morgan fingerprint density at radius 2 is 2.24 bits per heavy atom. The number of benzene rings is 1. The van der Waals surface area contributed by atoms with Crippen molar-refractivity contribution in [3.63, 3.8) is 0 Å². The standard InChI is InChI=1S/C16H17BrN2O2/c1-10-14(7-11(17)8-15(10)18)16(20)19(12-4-5-12)9-13-3-2-6-21-13/h2-3,6-8,12H,4-5,9,18H2,1H3. The molecule has 1 saturated carbocycles. The first kappa shape index (κ1) is 14.2. The summed E-state index contributed by atoms with van der Waals surface area (Å²) in [5, 5.41) is 0. The second-order valence-corrected chi connectivity index (χ2v) is 6.33. The molecule has 0 bridgehead atoms. The molecule has 110 valence electrons. The molecule has 2 N–H and O–H groups in total. The summed E-state index contributed by atoms with van der Waals surface area (Å²) in [6.45, 7) is 2.38. The van der Waals surface area contributed by atoms with E-state index in [4.69, 9.17) is 10.2 Å². The molecule has 1 fully saturated rings. The summed E-state index contributed by atoms with van der Waals surface area (Å²) >= 11 is 3.41. The molecule has 1 aromatic heterocycles. The molecular weight excluding hydrogens is 332 g/mol. The normalized spacial score (nSPS) is 14.2. The number of hydrogen-bond acceptors (Lipinski definition) is 3. The first-order valence-corrected chi connectivity index (χ1v) is 7.74. The number of carbonyl (C=O) groups is 1. The van der Waals surface area contributed by atoms with E-state index < -0.39 is 0 Å². The Labute approximate surface area is 132 Å². The van der Waals surface area contributed by atoms with Crippen LogP contribution in [-0.4, -0.2) is 16.8 Å². The van der Waals surface area contributed by atoms with Crippen LogP contribution in [0.5, 0.6) is 0 Å². The second kappa shape index (κ2) is 5.56. The first-order valence-electron chi connectivity index (χ1n) is 6.95. The molecule has 2 aromatic rings. The van der Waals surface area contributed by atoms with Crippen LogP contribution in [-0.2, 0) is 6.54 Å². The number of amides is 1. The van der Waals surface area contributed by atoms with Gasteiger partial charge in [-0.2, -0.15) is 0 Å². The first-order chi connectivity index (χ1) is 10.1. The highest BCUT2D eigenvalue weighted by Crippen LogP contribution is 2.32. The van der Waals surface area contributed by atoms with Crippen molar-refractivity contribution in [1.82, 2.24) is 4.90 Å². The van der Waals surface area contributed by atoms with Gasteiger partial charge in [0, 0.05) is 21.8 Å². The number of nitrogen functional groups attached to an aromatic ring is 1. The van der Waals surface area contributed by atoms with Crippen molar-refractivity contribution >= 4 is 27.5 Å². The number of nitrogens with zero attached hydrogens (tertiary/aromatic N) is 1. The van der Waals surface area contributed by atoms with E-state index in [2.05, 4.69) is 15.9 Å². The summed E-state index contributed by atoms with van der Waals surface area (Å²) in [7, 11) is 0. The lowest BCUT2D eigenvalue weighted by Gasteiger charge is -2.23. The van der Waals surface area contributed by atoms with Crippen LogP contribution in [0.25, 0.3) is 0 Å². The molecule has 1 aliphatic carbocycles. The van der Waals surface area contributed by atoms with Gasteiger partial charge in [0.05, 0.1) is 12.8 Å². The number of rotatable bonds is 4. The lowest BCUT2D eigenvalue weighted by Crippen LogP contribution is -2.33. The summed E-state index contributed by atoms with van der Waals surface area (Å²) in [5.74, 6) is 0.815. The summed E-state index contributed by atoms with van der Waals surface area (Å²) in [5.41, 5.74) is 8.07. The minimum atomic E-state index is 0.0133. The molecule has 5 heteroatoms. The van der Waals surface area contributed by atoms with Crippen molar-refractivity contribution in [3.8, 4) is 0 Å². The third-order valence-electron chi connectivity index (χ3n) is 3.80. The fourth-order valence-corrected chi connectivity index (χ4v) is 2.88. The van der Waals surface area contributed by atoms with Gasteiger partial charge in [-0.1, -0.05) is 15.9 Å². The van der Waals surface area contributed by atoms with E-state index in [1.807, 2.05) is 36.1 Å². The smallest absolute Gasteiger partial charge is 0.254 e. The van der Waals surface area contributed by atoms with Crippen molar-refractivity contribution in [1.29, 1.82) is 0 Å². The molecule has 1 amide bonds. The van der Waals surface area contributed by atoms with Crippen LogP contribution in [0.15, 0.2) is 39.4 Å². The zero-order valence-electron chi connectivity index (χ0n) is 11.8. The zero-order chi connectivity index (χ0) is 15.0. The molecule has 0 spiro atoms. The van der Waals surface area contributed by atoms with E-state index in [0.717, 1.165) is 28.6 Å². The van der Waals surface area contributed by atoms with Crippen molar-refractivity contribution in [2.45, 2.75) is 32.4 Å². The molecule has 1 heterocycles. The Morgan fingerprint density at radius 3 is 2.86 bits per heavy atom. The molecule has 0 radical (unpaired) electrons. The van der Waals surface area contributed by atoms with E-state index >= 15 is 0 Å². The fourth-order valence-electron chi connectivity index (χ4n) is 2.40. The Hall–Kier alpha value is -1.75. The summed E-state index contributed by atoms with van der Waals surface area (Å²) in [4.78, 5) is 14.8. The summed E-state index contributed by atoms with van der Waals surface area (Å²) < 4.78 is 6.20. The van der Waals surface area contributed by atoms with Gasteiger partial charge in [-0.05, 0) is 49.6 Å². The van der Waals surface area contributed by atoms with Gasteiger partial charge in [0.25, 0.3) is 5.91 Å². The van der Waals surface area contributed by atoms with E-state index in [0.29, 0.717) is 23.8 Å². The SMILES string of the molecule is Cc1c(N)cc(Br)cc1C(=O)N(Cc1ccco1)C1CC1. The largest absolute Gasteiger partial charge is 0.467 e. The summed E-state index contributed by atoms with van der Waals surface area (Å²) in [6.07, 6.45) is 3.73. The van der Waals surface area contributed by atoms with Crippen LogP contribution in [0.3, 0.4) is 0 Å². The van der Waals surface area contributed by atoms with Crippen molar-refractivity contribution in [2.24, 2.45) is 0 Å². The highest BCUT2D eigenvalue weighted by molar-refractivity contribution is 9.10. The molecule has 4 nitrogen and oxygen atoms in total. The molecule has 1 aliphatic rings. The summed E-state index contributed by atoms with van der Waals surface area (Å²) in [6, 6.07) is 7.70. The maximum Gasteiger partial charge on any atom is 0.254 e. The monoisotopic (exact) mass is 348 g/mol. The maximum atomic E-state index is 12.9. The van der Waals surface area contributed by atoms with E-state index in [1.54, 1.807) is 6.26 Å². The van der Waals surface area contributed by atoms with Crippen molar-refractivity contribution in [2.75, 3.05) is 5.73 Å². The Bertz CT molecular complexity index is 663. The lowest BCUT2D eigenvalue weighted by molar-refractivity contribution is 0.0717. The van der Waals surface area contributed by atoms with E-state index in [1.165, 1.54) is 0 Å². The third kappa shape index (κ3) is 2.97. The Kier molecular flexibility index (Phi) is 3.76. The van der Waals surface area contributed by atoms with Gasteiger partial charge in [-0.25, -0.2) is 0 Å².